The minimum Gasteiger partial charge on any atom is -0.482 e. The summed E-state index contributed by atoms with van der Waals surface area (Å²) < 4.78 is 18.4. The van der Waals surface area contributed by atoms with Gasteiger partial charge >= 0.3 is 5.69 Å². The second kappa shape index (κ2) is 6.00. The number of nitrogens with one attached hydrogen (secondary N) is 1. The van der Waals surface area contributed by atoms with Crippen LogP contribution in [0.25, 0.3) is 0 Å². The predicted molar refractivity (Wildman–Crippen MR) is 74.8 cm³/mol. The zero-order valence-electron chi connectivity index (χ0n) is 10.9. The third kappa shape index (κ3) is 3.53. The predicted octanol–water partition coefficient (Wildman–Crippen LogP) is 2.60. The van der Waals surface area contributed by atoms with Gasteiger partial charge in [0.25, 0.3) is 0 Å². The lowest BCUT2D eigenvalue weighted by atomic mass is 10.1. The Labute approximate surface area is 119 Å². The summed E-state index contributed by atoms with van der Waals surface area (Å²) in [7, 11) is 0. The van der Waals surface area contributed by atoms with Crippen LogP contribution in [0.1, 0.15) is 11.1 Å². The summed E-state index contributed by atoms with van der Waals surface area (Å²) in [5.74, 6) is -0.799. The average molecular weight is 289 g/mol. The molecule has 2 rings (SSSR count). The van der Waals surface area contributed by atoms with Crippen LogP contribution in [-0.2, 0) is 6.61 Å². The van der Waals surface area contributed by atoms with E-state index in [0.717, 1.165) is 12.1 Å². The first kappa shape index (κ1) is 14.4. The van der Waals surface area contributed by atoms with E-state index in [1.807, 2.05) is 0 Å². The Bertz CT molecular complexity index is 704. The number of nitrogen functional groups attached to an aromatic ring is 1. The summed E-state index contributed by atoms with van der Waals surface area (Å²) in [6.45, 7) is 0.0492. The zero-order chi connectivity index (χ0) is 15.4. The first-order chi connectivity index (χ1) is 9.97. The van der Waals surface area contributed by atoms with Gasteiger partial charge in [-0.2, -0.15) is 0 Å². The molecule has 2 aromatic carbocycles. The van der Waals surface area contributed by atoms with E-state index in [1.54, 1.807) is 24.3 Å². The van der Waals surface area contributed by atoms with Crippen molar-refractivity contribution in [2.45, 2.75) is 6.61 Å². The Balaban J connectivity index is 2.18. The molecule has 2 aromatic rings. The van der Waals surface area contributed by atoms with Gasteiger partial charge in [-0.1, -0.05) is 18.2 Å². The van der Waals surface area contributed by atoms with Crippen molar-refractivity contribution in [2.24, 2.45) is 5.73 Å². The number of halogens is 1. The monoisotopic (exact) mass is 289 g/mol. The number of nitrogens with two attached hydrogens (primary N) is 1. The maximum Gasteiger partial charge on any atom is 0.313 e. The third-order valence-corrected chi connectivity index (χ3v) is 2.75. The molecular formula is C14H12FN3O3. The molecule has 0 heterocycles. The summed E-state index contributed by atoms with van der Waals surface area (Å²) in [5.41, 5.74) is 6.18. The van der Waals surface area contributed by atoms with Gasteiger partial charge in [0.05, 0.1) is 11.0 Å². The van der Waals surface area contributed by atoms with E-state index in [4.69, 9.17) is 15.9 Å². The van der Waals surface area contributed by atoms with Gasteiger partial charge in [0.15, 0.2) is 5.75 Å². The van der Waals surface area contributed by atoms with Gasteiger partial charge in [-0.05, 0) is 23.8 Å². The molecule has 7 heteroatoms. The van der Waals surface area contributed by atoms with Gasteiger partial charge < -0.3 is 10.5 Å². The van der Waals surface area contributed by atoms with Crippen LogP contribution in [0, 0.1) is 21.3 Å². The molecule has 0 aliphatic rings. The van der Waals surface area contributed by atoms with Crippen molar-refractivity contribution in [1.29, 1.82) is 5.41 Å². The highest BCUT2D eigenvalue weighted by Crippen LogP contribution is 2.28. The normalized spacial score (nSPS) is 10.1. The van der Waals surface area contributed by atoms with E-state index in [2.05, 4.69) is 0 Å². The maximum atomic E-state index is 13.0. The Morgan fingerprint density at radius 1 is 1.33 bits per heavy atom. The summed E-state index contributed by atoms with van der Waals surface area (Å²) >= 11 is 0. The van der Waals surface area contributed by atoms with E-state index >= 15 is 0 Å². The quantitative estimate of drug-likeness (QED) is 0.382. The van der Waals surface area contributed by atoms with Crippen molar-refractivity contribution in [3.05, 3.63) is 69.5 Å². The molecule has 0 unspecified atom stereocenters. The topological polar surface area (TPSA) is 102 Å². The Morgan fingerprint density at radius 2 is 2.10 bits per heavy atom. The van der Waals surface area contributed by atoms with Crippen LogP contribution in [-0.4, -0.2) is 10.8 Å². The van der Waals surface area contributed by atoms with E-state index in [9.17, 15) is 14.5 Å². The van der Waals surface area contributed by atoms with Gasteiger partial charge in [-0.25, -0.2) is 4.39 Å². The molecular weight excluding hydrogens is 277 g/mol. The molecule has 0 atom stereocenters. The van der Waals surface area contributed by atoms with Crippen LogP contribution < -0.4 is 10.5 Å². The fourth-order valence-electron chi connectivity index (χ4n) is 1.74. The molecule has 0 amide bonds. The minimum absolute atomic E-state index is 0.0189. The lowest BCUT2D eigenvalue weighted by Crippen LogP contribution is -2.11. The summed E-state index contributed by atoms with van der Waals surface area (Å²) in [4.78, 5) is 10.1. The van der Waals surface area contributed by atoms with Crippen LogP contribution in [0.3, 0.4) is 0 Å². The highest BCUT2D eigenvalue weighted by molar-refractivity contribution is 5.95. The number of benzene rings is 2. The van der Waals surface area contributed by atoms with E-state index in [0.29, 0.717) is 11.1 Å². The van der Waals surface area contributed by atoms with Crippen molar-refractivity contribution in [2.75, 3.05) is 0 Å². The van der Waals surface area contributed by atoms with Gasteiger partial charge in [-0.15, -0.1) is 0 Å². The highest BCUT2D eigenvalue weighted by atomic mass is 19.1. The molecule has 0 aliphatic carbocycles. The molecule has 0 radical (unpaired) electrons. The van der Waals surface area contributed by atoms with E-state index in [1.165, 1.54) is 6.07 Å². The number of nitro groups is 1. The van der Waals surface area contributed by atoms with Gasteiger partial charge in [-0.3, -0.25) is 15.5 Å². The Morgan fingerprint density at radius 3 is 2.76 bits per heavy atom. The molecule has 108 valence electrons. The van der Waals surface area contributed by atoms with E-state index < -0.39 is 16.4 Å². The second-order valence-corrected chi connectivity index (χ2v) is 4.27. The number of nitro benzene ring substituents is 1. The zero-order valence-corrected chi connectivity index (χ0v) is 10.9. The van der Waals surface area contributed by atoms with E-state index in [-0.39, 0.29) is 18.2 Å². The van der Waals surface area contributed by atoms with Gasteiger partial charge in [0, 0.05) is 5.56 Å². The average Bonchev–Trinajstić information content (AvgIpc) is 2.46. The van der Waals surface area contributed by atoms with Crippen molar-refractivity contribution in [1.82, 2.24) is 0 Å². The number of amidine groups is 1. The number of rotatable bonds is 5. The van der Waals surface area contributed by atoms with Crippen LogP contribution >= 0.6 is 0 Å². The van der Waals surface area contributed by atoms with Crippen LogP contribution in [0.15, 0.2) is 42.5 Å². The first-order valence-electron chi connectivity index (χ1n) is 5.97. The number of hydrogen-bond acceptors (Lipinski definition) is 4. The number of ether oxygens (including phenoxy) is 1. The Kier molecular flexibility index (Phi) is 4.13. The van der Waals surface area contributed by atoms with Crippen molar-refractivity contribution >= 4 is 11.5 Å². The molecule has 21 heavy (non-hydrogen) atoms. The number of hydrogen-bond donors (Lipinski definition) is 2. The summed E-state index contributed by atoms with van der Waals surface area (Å²) in [6, 6.07) is 9.87. The molecule has 0 saturated carbocycles. The smallest absolute Gasteiger partial charge is 0.313 e. The third-order valence-electron chi connectivity index (χ3n) is 2.75. The van der Waals surface area contributed by atoms with Crippen LogP contribution in [0.5, 0.6) is 5.75 Å². The van der Waals surface area contributed by atoms with Crippen molar-refractivity contribution < 1.29 is 14.1 Å². The van der Waals surface area contributed by atoms with Gasteiger partial charge in [0.2, 0.25) is 0 Å². The fourth-order valence-corrected chi connectivity index (χ4v) is 1.74. The lowest BCUT2D eigenvalue weighted by molar-refractivity contribution is -0.386. The second-order valence-electron chi connectivity index (χ2n) is 4.27. The molecule has 0 bridgehead atoms. The first-order valence-corrected chi connectivity index (χ1v) is 5.97. The fraction of sp³-hybridized carbons (Fsp3) is 0.0714. The number of nitrogens with zero attached hydrogens (tertiary/aromatic N) is 1. The van der Waals surface area contributed by atoms with Crippen molar-refractivity contribution in [3.8, 4) is 5.75 Å². The standard InChI is InChI=1S/C14H12FN3O3/c15-11-4-5-13(12(7-11)18(19)20)21-8-9-2-1-3-10(6-9)14(16)17/h1-7H,8H2,(H3,16,17). The van der Waals surface area contributed by atoms with Crippen LogP contribution in [0.2, 0.25) is 0 Å². The molecule has 0 spiro atoms. The maximum absolute atomic E-state index is 13.0. The molecule has 6 nitrogen and oxygen atoms in total. The van der Waals surface area contributed by atoms with Crippen molar-refractivity contribution in [3.63, 3.8) is 0 Å². The Hall–Kier alpha value is -2.96. The van der Waals surface area contributed by atoms with Crippen LogP contribution in [0.4, 0.5) is 10.1 Å². The largest absolute Gasteiger partial charge is 0.482 e. The molecule has 0 aliphatic heterocycles. The minimum atomic E-state index is -0.704. The molecule has 0 saturated heterocycles. The SMILES string of the molecule is N=C(N)c1cccc(COc2ccc(F)cc2[N+](=O)[O-])c1. The summed E-state index contributed by atoms with van der Waals surface area (Å²) in [6.07, 6.45) is 0. The molecule has 0 aromatic heterocycles. The van der Waals surface area contributed by atoms with Gasteiger partial charge in [0.1, 0.15) is 18.3 Å². The summed E-state index contributed by atoms with van der Waals surface area (Å²) in [5, 5.41) is 18.2. The molecule has 3 N–H and O–H groups in total. The lowest BCUT2D eigenvalue weighted by Gasteiger charge is -2.08. The molecule has 0 fully saturated rings. The highest BCUT2D eigenvalue weighted by Gasteiger charge is 2.16.